The highest BCUT2D eigenvalue weighted by Gasteiger charge is 2.44. The first-order chi connectivity index (χ1) is 10.6. The first-order valence-electron chi connectivity index (χ1n) is 7.78. The Hall–Kier alpha value is -2.10. The van der Waals surface area contributed by atoms with Gasteiger partial charge in [0.15, 0.2) is 5.82 Å². The quantitative estimate of drug-likeness (QED) is 0.914. The van der Waals surface area contributed by atoms with E-state index in [9.17, 15) is 4.79 Å². The molecule has 1 aliphatic carbocycles. The molecule has 0 bridgehead atoms. The van der Waals surface area contributed by atoms with Crippen molar-refractivity contribution < 1.29 is 14.1 Å². The molecule has 1 fully saturated rings. The van der Waals surface area contributed by atoms with Gasteiger partial charge in [-0.3, -0.25) is 0 Å². The standard InChI is InChI=1S/C16H24N4O3/c1-15(2,3)22-14(21)19-12(10-8-16(4,5)9-10)13-18-11(6-7-17)20-23-13/h10,12H,6,8-9H2,1-5H3,(H,19,21). The van der Waals surface area contributed by atoms with Gasteiger partial charge in [0.2, 0.25) is 5.89 Å². The summed E-state index contributed by atoms with van der Waals surface area (Å²) in [6.45, 7) is 9.80. The lowest BCUT2D eigenvalue weighted by molar-refractivity contribution is 0.0265. The van der Waals surface area contributed by atoms with E-state index in [4.69, 9.17) is 14.5 Å². The minimum absolute atomic E-state index is 0.0822. The normalized spacial score (nSPS) is 18.6. The average molecular weight is 320 g/mol. The average Bonchev–Trinajstić information content (AvgIpc) is 2.80. The fourth-order valence-corrected chi connectivity index (χ4v) is 2.95. The Labute approximate surface area is 136 Å². The molecule has 1 aromatic heterocycles. The van der Waals surface area contributed by atoms with E-state index in [1.54, 1.807) is 0 Å². The van der Waals surface area contributed by atoms with Crippen LogP contribution < -0.4 is 5.32 Å². The maximum Gasteiger partial charge on any atom is 0.408 e. The predicted molar refractivity (Wildman–Crippen MR) is 82.2 cm³/mol. The van der Waals surface area contributed by atoms with Crippen LogP contribution in [0.1, 0.15) is 65.2 Å². The molecule has 1 unspecified atom stereocenters. The Balaban J connectivity index is 2.12. The van der Waals surface area contributed by atoms with E-state index in [-0.39, 0.29) is 17.8 Å². The van der Waals surface area contributed by atoms with E-state index >= 15 is 0 Å². The Bertz CT molecular complexity index is 602. The maximum absolute atomic E-state index is 12.1. The van der Waals surface area contributed by atoms with E-state index in [0.717, 1.165) is 12.8 Å². The lowest BCUT2D eigenvalue weighted by Gasteiger charge is -2.45. The fourth-order valence-electron chi connectivity index (χ4n) is 2.95. The van der Waals surface area contributed by atoms with Crippen molar-refractivity contribution in [3.05, 3.63) is 11.7 Å². The van der Waals surface area contributed by atoms with E-state index < -0.39 is 17.7 Å². The molecule has 0 aromatic carbocycles. The summed E-state index contributed by atoms with van der Waals surface area (Å²) in [5, 5.41) is 15.3. The zero-order valence-corrected chi connectivity index (χ0v) is 14.3. The molecule has 1 N–H and O–H groups in total. The molecule has 0 radical (unpaired) electrons. The van der Waals surface area contributed by atoms with E-state index in [1.165, 1.54) is 0 Å². The van der Waals surface area contributed by atoms with Gasteiger partial charge in [0.1, 0.15) is 11.6 Å². The Morgan fingerprint density at radius 3 is 2.70 bits per heavy atom. The molecule has 7 nitrogen and oxygen atoms in total. The minimum atomic E-state index is -0.575. The molecule has 1 heterocycles. The van der Waals surface area contributed by atoms with Crippen LogP contribution in [0.2, 0.25) is 0 Å². The summed E-state index contributed by atoms with van der Waals surface area (Å²) in [5.74, 6) is 0.881. The van der Waals surface area contributed by atoms with Gasteiger partial charge in [-0.05, 0) is 44.9 Å². The molecule has 7 heteroatoms. The molecular formula is C16H24N4O3. The molecule has 0 aliphatic heterocycles. The second kappa shape index (κ2) is 6.19. The highest BCUT2D eigenvalue weighted by atomic mass is 16.6. The molecule has 1 aliphatic rings. The van der Waals surface area contributed by atoms with Crippen LogP contribution in [0, 0.1) is 22.7 Å². The maximum atomic E-state index is 12.1. The van der Waals surface area contributed by atoms with Gasteiger partial charge in [-0.2, -0.15) is 10.2 Å². The fraction of sp³-hybridized carbons (Fsp3) is 0.750. The summed E-state index contributed by atoms with van der Waals surface area (Å²) in [4.78, 5) is 16.3. The van der Waals surface area contributed by atoms with Gasteiger partial charge in [0.05, 0.1) is 12.5 Å². The number of rotatable bonds is 4. The molecule has 126 valence electrons. The van der Waals surface area contributed by atoms with Gasteiger partial charge in [-0.1, -0.05) is 19.0 Å². The molecule has 2 rings (SSSR count). The van der Waals surface area contributed by atoms with Gasteiger partial charge in [-0.25, -0.2) is 4.79 Å². The highest BCUT2D eigenvalue weighted by Crippen LogP contribution is 2.50. The second-order valence-corrected chi connectivity index (χ2v) is 7.84. The topological polar surface area (TPSA) is 101 Å². The number of hydrogen-bond acceptors (Lipinski definition) is 6. The molecule has 23 heavy (non-hydrogen) atoms. The summed E-state index contributed by atoms with van der Waals surface area (Å²) >= 11 is 0. The number of carbonyl (C=O) groups excluding carboxylic acids is 1. The van der Waals surface area contributed by atoms with Gasteiger partial charge in [-0.15, -0.1) is 0 Å². The largest absolute Gasteiger partial charge is 0.444 e. The van der Waals surface area contributed by atoms with Crippen molar-refractivity contribution in [2.45, 2.75) is 65.5 Å². The van der Waals surface area contributed by atoms with Crippen LogP contribution in [-0.4, -0.2) is 21.8 Å². The number of ether oxygens (including phenoxy) is 1. The van der Waals surface area contributed by atoms with Crippen molar-refractivity contribution in [3.8, 4) is 6.07 Å². The Morgan fingerprint density at radius 1 is 1.52 bits per heavy atom. The number of nitrogens with one attached hydrogen (secondary N) is 1. The number of nitriles is 1. The zero-order chi connectivity index (χ0) is 17.3. The molecular weight excluding hydrogens is 296 g/mol. The lowest BCUT2D eigenvalue weighted by Crippen LogP contribution is -2.44. The molecule has 1 aromatic rings. The predicted octanol–water partition coefficient (Wildman–Crippen LogP) is 3.14. The van der Waals surface area contributed by atoms with Crippen LogP contribution in [0.15, 0.2) is 4.52 Å². The van der Waals surface area contributed by atoms with Crippen LogP contribution in [-0.2, 0) is 11.2 Å². The zero-order valence-electron chi connectivity index (χ0n) is 14.3. The smallest absolute Gasteiger partial charge is 0.408 e. The highest BCUT2D eigenvalue weighted by molar-refractivity contribution is 5.68. The molecule has 0 spiro atoms. The van der Waals surface area contributed by atoms with E-state index in [2.05, 4.69) is 29.3 Å². The number of nitrogens with zero attached hydrogens (tertiary/aromatic N) is 3. The van der Waals surface area contributed by atoms with Gasteiger partial charge >= 0.3 is 6.09 Å². The van der Waals surface area contributed by atoms with Gasteiger partial charge in [0.25, 0.3) is 0 Å². The third-order valence-electron chi connectivity index (χ3n) is 3.76. The number of aromatic nitrogens is 2. The number of alkyl carbamates (subject to hydrolysis) is 1. The van der Waals surface area contributed by atoms with Gasteiger partial charge < -0.3 is 14.6 Å². The summed E-state index contributed by atoms with van der Waals surface area (Å²) in [6, 6.07) is 1.59. The van der Waals surface area contributed by atoms with Crippen molar-refractivity contribution in [2.24, 2.45) is 11.3 Å². The minimum Gasteiger partial charge on any atom is -0.444 e. The van der Waals surface area contributed by atoms with Crippen molar-refractivity contribution >= 4 is 6.09 Å². The van der Waals surface area contributed by atoms with Crippen LogP contribution in [0.5, 0.6) is 0 Å². The Morgan fingerprint density at radius 2 is 2.17 bits per heavy atom. The van der Waals surface area contributed by atoms with Crippen LogP contribution in [0.4, 0.5) is 4.79 Å². The van der Waals surface area contributed by atoms with Crippen LogP contribution in [0.3, 0.4) is 0 Å². The van der Waals surface area contributed by atoms with Crippen LogP contribution >= 0.6 is 0 Å². The number of hydrogen-bond donors (Lipinski definition) is 1. The van der Waals surface area contributed by atoms with Crippen LogP contribution in [0.25, 0.3) is 0 Å². The first kappa shape index (κ1) is 17.3. The van der Waals surface area contributed by atoms with Crippen molar-refractivity contribution in [1.82, 2.24) is 15.5 Å². The number of carbonyl (C=O) groups is 1. The second-order valence-electron chi connectivity index (χ2n) is 7.84. The lowest BCUT2D eigenvalue weighted by atomic mass is 9.62. The van der Waals surface area contributed by atoms with Crippen molar-refractivity contribution in [1.29, 1.82) is 5.26 Å². The first-order valence-corrected chi connectivity index (χ1v) is 7.78. The summed E-state index contributed by atoms with van der Waals surface area (Å²) in [5.41, 5.74) is -0.331. The molecule has 1 atom stereocenters. The summed E-state index contributed by atoms with van der Waals surface area (Å²) < 4.78 is 10.6. The molecule has 1 amide bonds. The van der Waals surface area contributed by atoms with E-state index in [1.807, 2.05) is 26.8 Å². The third-order valence-corrected chi connectivity index (χ3v) is 3.76. The Kier molecular flexibility index (Phi) is 4.64. The molecule has 0 saturated heterocycles. The number of amides is 1. The third kappa shape index (κ3) is 4.68. The summed E-state index contributed by atoms with van der Waals surface area (Å²) in [6.07, 6.45) is 1.47. The molecule has 1 saturated carbocycles. The van der Waals surface area contributed by atoms with Crippen molar-refractivity contribution in [2.75, 3.05) is 0 Å². The SMILES string of the molecule is CC1(C)CC(C(NC(=O)OC(C)(C)C)c2nc(CC#N)no2)C1. The van der Waals surface area contributed by atoms with Crippen molar-refractivity contribution in [3.63, 3.8) is 0 Å². The van der Waals surface area contributed by atoms with E-state index in [0.29, 0.717) is 11.7 Å². The van der Waals surface area contributed by atoms with Gasteiger partial charge in [0, 0.05) is 0 Å². The monoisotopic (exact) mass is 320 g/mol. The summed E-state index contributed by atoms with van der Waals surface area (Å²) in [7, 11) is 0.